The van der Waals surface area contributed by atoms with Crippen LogP contribution in [-0.4, -0.2) is 33.5 Å². The normalized spacial score (nSPS) is 25.8. The Bertz CT molecular complexity index is 986. The van der Waals surface area contributed by atoms with Crippen molar-refractivity contribution in [3.8, 4) is 11.1 Å². The summed E-state index contributed by atoms with van der Waals surface area (Å²) in [4.78, 5) is 12.3. The summed E-state index contributed by atoms with van der Waals surface area (Å²) >= 11 is 1.89. The van der Waals surface area contributed by atoms with Gasteiger partial charge in [0, 0.05) is 35.0 Å². The molecule has 5 rings (SSSR count). The number of hydrogen-bond acceptors (Lipinski definition) is 4. The lowest BCUT2D eigenvalue weighted by Gasteiger charge is -2.42. The zero-order valence-electron chi connectivity index (χ0n) is 16.4. The fraction of sp³-hybridized carbons (Fsp3) is 0.478. The minimum Gasteiger partial charge on any atom is -0.298 e. The highest BCUT2D eigenvalue weighted by atomic mass is 32.1. The predicted molar refractivity (Wildman–Crippen MR) is 113 cm³/mol. The topological polar surface area (TPSA) is 29.0 Å². The Balaban J connectivity index is 1.37. The molecule has 1 atom stereocenters. The number of nitrogens with zero attached hydrogens (tertiary/aromatic N) is 3. The van der Waals surface area contributed by atoms with Gasteiger partial charge in [0.2, 0.25) is 0 Å². The Labute approximate surface area is 165 Å². The quantitative estimate of drug-likeness (QED) is 0.586. The predicted octanol–water partition coefficient (Wildman–Crippen LogP) is 5.71. The van der Waals surface area contributed by atoms with Crippen molar-refractivity contribution in [3.63, 3.8) is 0 Å². The van der Waals surface area contributed by atoms with Crippen LogP contribution in [0.4, 0.5) is 0 Å². The molecule has 0 amide bonds. The second-order valence-corrected chi connectivity index (χ2v) is 9.43. The van der Waals surface area contributed by atoms with Gasteiger partial charge < -0.3 is 0 Å². The summed E-state index contributed by atoms with van der Waals surface area (Å²) in [7, 11) is 0. The number of aromatic nitrogens is 2. The van der Waals surface area contributed by atoms with E-state index in [0.29, 0.717) is 5.92 Å². The van der Waals surface area contributed by atoms with E-state index in [0.717, 1.165) is 29.0 Å². The van der Waals surface area contributed by atoms with Crippen LogP contribution in [0.2, 0.25) is 0 Å². The molecular weight excluding hydrogens is 350 g/mol. The molecule has 1 aliphatic heterocycles. The lowest BCUT2D eigenvalue weighted by Crippen LogP contribution is -2.45. The highest BCUT2D eigenvalue weighted by Gasteiger charge is 2.39. The molecule has 1 aromatic carbocycles. The Morgan fingerprint density at radius 1 is 1.07 bits per heavy atom. The number of thiazole rings is 1. The van der Waals surface area contributed by atoms with Gasteiger partial charge in [0.25, 0.3) is 0 Å². The maximum atomic E-state index is 4.97. The average molecular weight is 378 g/mol. The molecule has 3 nitrogen and oxygen atoms in total. The highest BCUT2D eigenvalue weighted by Crippen LogP contribution is 2.44. The Morgan fingerprint density at radius 3 is 2.67 bits per heavy atom. The summed E-state index contributed by atoms with van der Waals surface area (Å²) in [6.07, 6.45) is 5.33. The van der Waals surface area contributed by atoms with E-state index in [1.807, 2.05) is 18.3 Å². The Hall–Kier alpha value is -1.78. The van der Waals surface area contributed by atoms with Crippen LogP contribution < -0.4 is 0 Å². The van der Waals surface area contributed by atoms with Crippen molar-refractivity contribution in [2.24, 2.45) is 0 Å². The van der Waals surface area contributed by atoms with Crippen molar-refractivity contribution in [2.75, 3.05) is 6.54 Å². The molecule has 2 fully saturated rings. The lowest BCUT2D eigenvalue weighted by atomic mass is 9.79. The van der Waals surface area contributed by atoms with Gasteiger partial charge in [0.05, 0.1) is 15.2 Å². The van der Waals surface area contributed by atoms with E-state index in [2.05, 4.69) is 54.1 Å². The minimum atomic E-state index is 0.659. The SMILES string of the molecule is Cc1ccc(-c2ccc3nc(C4CC(N5CCC[C@H]5C)C4)sc3c2)c(C)n1. The van der Waals surface area contributed by atoms with E-state index in [4.69, 9.17) is 4.98 Å². The molecule has 1 aliphatic carbocycles. The highest BCUT2D eigenvalue weighted by molar-refractivity contribution is 7.18. The summed E-state index contributed by atoms with van der Waals surface area (Å²) in [6, 6.07) is 12.5. The number of rotatable bonds is 3. The van der Waals surface area contributed by atoms with Gasteiger partial charge in [-0.25, -0.2) is 4.98 Å². The third-order valence-electron chi connectivity index (χ3n) is 6.48. The van der Waals surface area contributed by atoms with Crippen LogP contribution in [-0.2, 0) is 0 Å². The van der Waals surface area contributed by atoms with E-state index in [-0.39, 0.29) is 0 Å². The third kappa shape index (κ3) is 3.09. The minimum absolute atomic E-state index is 0.659. The molecule has 0 spiro atoms. The van der Waals surface area contributed by atoms with Gasteiger partial charge in [-0.15, -0.1) is 11.3 Å². The zero-order chi connectivity index (χ0) is 18.5. The fourth-order valence-corrected chi connectivity index (χ4v) is 5.97. The number of benzene rings is 1. The molecular formula is C23H27N3S. The van der Waals surface area contributed by atoms with Crippen LogP contribution in [0.25, 0.3) is 21.3 Å². The molecule has 140 valence electrons. The molecule has 2 aliphatic rings. The van der Waals surface area contributed by atoms with Gasteiger partial charge in [-0.05, 0) is 76.8 Å². The fourth-order valence-electron chi connectivity index (χ4n) is 4.83. The van der Waals surface area contributed by atoms with Gasteiger partial charge in [0.1, 0.15) is 0 Å². The van der Waals surface area contributed by atoms with Gasteiger partial charge in [-0.1, -0.05) is 12.1 Å². The van der Waals surface area contributed by atoms with Gasteiger partial charge >= 0.3 is 0 Å². The summed E-state index contributed by atoms with van der Waals surface area (Å²) < 4.78 is 1.31. The lowest BCUT2D eigenvalue weighted by molar-refractivity contribution is 0.103. The number of hydrogen-bond donors (Lipinski definition) is 0. The average Bonchev–Trinajstić information content (AvgIpc) is 3.19. The molecule has 27 heavy (non-hydrogen) atoms. The molecule has 2 aromatic heterocycles. The standard InChI is InChI=1S/C23H27N3S/c1-14-6-8-20(16(3)24-14)17-7-9-21-22(13-17)27-23(25-21)18-11-19(12-18)26-10-4-5-15(26)2/h6-9,13,15,18-19H,4-5,10-12H2,1-3H3/t15-,18?,19?/m1/s1. The third-order valence-corrected chi connectivity index (χ3v) is 7.66. The zero-order valence-corrected chi connectivity index (χ0v) is 17.2. The number of pyridine rings is 1. The monoisotopic (exact) mass is 377 g/mol. The second-order valence-electron chi connectivity index (χ2n) is 8.37. The Kier molecular flexibility index (Phi) is 4.29. The maximum Gasteiger partial charge on any atom is 0.0970 e. The van der Waals surface area contributed by atoms with Gasteiger partial charge in [-0.2, -0.15) is 0 Å². The summed E-state index contributed by atoms with van der Waals surface area (Å²) in [5.41, 5.74) is 5.80. The molecule has 0 N–H and O–H groups in total. The summed E-state index contributed by atoms with van der Waals surface area (Å²) in [5, 5.41) is 1.34. The second kappa shape index (κ2) is 6.68. The maximum absolute atomic E-state index is 4.97. The van der Waals surface area contributed by atoms with Crippen LogP contribution in [0.3, 0.4) is 0 Å². The molecule has 3 aromatic rings. The Morgan fingerprint density at radius 2 is 1.93 bits per heavy atom. The molecule has 1 saturated carbocycles. The van der Waals surface area contributed by atoms with Gasteiger partial charge in [-0.3, -0.25) is 9.88 Å². The molecule has 0 unspecified atom stereocenters. The van der Waals surface area contributed by atoms with E-state index in [1.165, 1.54) is 53.1 Å². The number of aryl methyl sites for hydroxylation is 2. The first-order valence-corrected chi connectivity index (χ1v) is 11.0. The van der Waals surface area contributed by atoms with Crippen molar-refractivity contribution >= 4 is 21.6 Å². The van der Waals surface area contributed by atoms with Crippen molar-refractivity contribution in [3.05, 3.63) is 46.7 Å². The first kappa shape index (κ1) is 17.3. The van der Waals surface area contributed by atoms with Crippen molar-refractivity contribution in [2.45, 2.75) is 64.5 Å². The van der Waals surface area contributed by atoms with E-state index in [1.54, 1.807) is 0 Å². The first-order chi connectivity index (χ1) is 13.1. The molecule has 1 saturated heterocycles. The largest absolute Gasteiger partial charge is 0.298 e. The van der Waals surface area contributed by atoms with E-state index < -0.39 is 0 Å². The molecule has 4 heteroatoms. The molecule has 3 heterocycles. The molecule has 0 bridgehead atoms. The van der Waals surface area contributed by atoms with Crippen LogP contribution in [0.1, 0.15) is 54.9 Å². The molecule has 0 radical (unpaired) electrons. The number of fused-ring (bicyclic) bond motifs is 1. The van der Waals surface area contributed by atoms with E-state index >= 15 is 0 Å². The first-order valence-electron chi connectivity index (χ1n) is 10.2. The van der Waals surface area contributed by atoms with Crippen LogP contribution in [0.15, 0.2) is 30.3 Å². The van der Waals surface area contributed by atoms with Crippen LogP contribution in [0, 0.1) is 13.8 Å². The van der Waals surface area contributed by atoms with Crippen molar-refractivity contribution < 1.29 is 0 Å². The number of likely N-dealkylation sites (tertiary alicyclic amines) is 1. The van der Waals surface area contributed by atoms with Crippen molar-refractivity contribution in [1.82, 2.24) is 14.9 Å². The van der Waals surface area contributed by atoms with Crippen LogP contribution >= 0.6 is 11.3 Å². The van der Waals surface area contributed by atoms with Crippen molar-refractivity contribution in [1.29, 1.82) is 0 Å². The summed E-state index contributed by atoms with van der Waals surface area (Å²) in [5.74, 6) is 0.659. The van der Waals surface area contributed by atoms with E-state index in [9.17, 15) is 0 Å². The van der Waals surface area contributed by atoms with Crippen LogP contribution in [0.5, 0.6) is 0 Å². The van der Waals surface area contributed by atoms with Gasteiger partial charge in [0.15, 0.2) is 0 Å². The smallest absolute Gasteiger partial charge is 0.0970 e. The summed E-state index contributed by atoms with van der Waals surface area (Å²) in [6.45, 7) is 7.83.